The summed E-state index contributed by atoms with van der Waals surface area (Å²) < 4.78 is 11.0. The van der Waals surface area contributed by atoms with E-state index in [2.05, 4.69) is 4.98 Å². The van der Waals surface area contributed by atoms with Crippen LogP contribution in [0.25, 0.3) is 10.9 Å². The van der Waals surface area contributed by atoms with Gasteiger partial charge in [-0.2, -0.15) is 10.5 Å². The molecule has 0 N–H and O–H groups in total. The molecule has 2 aromatic heterocycles. The van der Waals surface area contributed by atoms with E-state index in [4.69, 9.17) is 9.15 Å². The second-order valence-electron chi connectivity index (χ2n) is 5.81. The number of hydrogen-bond acceptors (Lipinski definition) is 6. The Labute approximate surface area is 142 Å². The van der Waals surface area contributed by atoms with Crippen LogP contribution >= 0.6 is 0 Å². The lowest BCUT2D eigenvalue weighted by Gasteiger charge is -2.27. The van der Waals surface area contributed by atoms with Crippen LogP contribution in [0.2, 0.25) is 0 Å². The summed E-state index contributed by atoms with van der Waals surface area (Å²) in [5.41, 5.74) is 0.849. The summed E-state index contributed by atoms with van der Waals surface area (Å²) in [6.45, 7) is 1.63. The van der Waals surface area contributed by atoms with Gasteiger partial charge in [0.15, 0.2) is 0 Å². The van der Waals surface area contributed by atoms with Crippen LogP contribution in [-0.4, -0.2) is 4.98 Å². The number of fused-ring (bicyclic) bond motifs is 3. The molecule has 3 heterocycles. The highest BCUT2D eigenvalue weighted by Gasteiger charge is 2.38. The molecule has 1 aliphatic rings. The second kappa shape index (κ2) is 5.47. The number of benzene rings is 1. The maximum atomic E-state index is 12.4. The van der Waals surface area contributed by atoms with Crippen LogP contribution in [-0.2, 0) is 0 Å². The van der Waals surface area contributed by atoms with E-state index < -0.39 is 17.5 Å². The zero-order valence-electron chi connectivity index (χ0n) is 13.2. The van der Waals surface area contributed by atoms with Gasteiger partial charge >= 0.3 is 5.63 Å². The van der Waals surface area contributed by atoms with Crippen molar-refractivity contribution in [1.82, 2.24) is 4.98 Å². The molecular weight excluding hydrogens is 318 g/mol. The van der Waals surface area contributed by atoms with Crippen LogP contribution in [0.1, 0.15) is 22.8 Å². The number of nitriles is 2. The van der Waals surface area contributed by atoms with Gasteiger partial charge in [0.2, 0.25) is 5.88 Å². The van der Waals surface area contributed by atoms with Crippen LogP contribution in [0.5, 0.6) is 11.6 Å². The number of nitrogens with zero attached hydrogens (tertiary/aromatic N) is 3. The van der Waals surface area contributed by atoms with Crippen molar-refractivity contribution in [2.45, 2.75) is 12.8 Å². The number of ether oxygens (including phenoxy) is 1. The zero-order valence-corrected chi connectivity index (χ0v) is 13.2. The highest BCUT2D eigenvalue weighted by atomic mass is 16.5. The number of rotatable bonds is 1. The maximum Gasteiger partial charge on any atom is 0.343 e. The largest absolute Gasteiger partial charge is 0.438 e. The topological polar surface area (TPSA) is 99.9 Å². The van der Waals surface area contributed by atoms with E-state index in [9.17, 15) is 15.3 Å². The van der Waals surface area contributed by atoms with Crippen molar-refractivity contribution in [2.24, 2.45) is 5.92 Å². The van der Waals surface area contributed by atoms with Gasteiger partial charge in [-0.3, -0.25) is 0 Å². The van der Waals surface area contributed by atoms with Crippen molar-refractivity contribution in [3.8, 4) is 23.8 Å². The van der Waals surface area contributed by atoms with E-state index in [0.29, 0.717) is 17.2 Å². The number of aryl methyl sites for hydroxylation is 1. The highest BCUT2D eigenvalue weighted by Crippen LogP contribution is 2.46. The van der Waals surface area contributed by atoms with Gasteiger partial charge in [0.25, 0.3) is 0 Å². The van der Waals surface area contributed by atoms with E-state index >= 15 is 0 Å². The molecule has 0 aliphatic carbocycles. The summed E-state index contributed by atoms with van der Waals surface area (Å²) in [6, 6.07) is 14.8. The van der Waals surface area contributed by atoms with Gasteiger partial charge in [-0.1, -0.05) is 18.2 Å². The van der Waals surface area contributed by atoms with Crippen molar-refractivity contribution >= 4 is 10.9 Å². The van der Waals surface area contributed by atoms with Gasteiger partial charge in [-0.15, -0.1) is 0 Å². The molecule has 0 fully saturated rings. The van der Waals surface area contributed by atoms with Crippen molar-refractivity contribution in [3.63, 3.8) is 0 Å². The Bertz CT molecular complexity index is 1140. The standard InChI is InChI=1S/C19H11N3O3/c1-10-6-15-17(19(23)24-10)16(12(8-20)9-21)13-7-11-4-2-3-5-14(11)22-18(13)25-15/h2-7,12,16H,1H3. The average molecular weight is 329 g/mol. The lowest BCUT2D eigenvalue weighted by molar-refractivity contribution is 0.388. The fourth-order valence-corrected chi connectivity index (χ4v) is 3.16. The van der Waals surface area contributed by atoms with Crippen molar-refractivity contribution in [3.05, 3.63) is 63.7 Å². The predicted molar refractivity (Wildman–Crippen MR) is 88.1 cm³/mol. The molecule has 0 bridgehead atoms. The van der Waals surface area contributed by atoms with Crippen LogP contribution in [0.3, 0.4) is 0 Å². The molecule has 0 amide bonds. The van der Waals surface area contributed by atoms with E-state index in [-0.39, 0.29) is 11.3 Å². The first-order chi connectivity index (χ1) is 12.1. The first-order valence-corrected chi connectivity index (χ1v) is 7.64. The fraction of sp³-hybridized carbons (Fsp3) is 0.158. The van der Waals surface area contributed by atoms with Gasteiger partial charge in [-0.25, -0.2) is 9.78 Å². The lowest BCUT2D eigenvalue weighted by Crippen LogP contribution is -2.24. The number of hydrogen-bond donors (Lipinski definition) is 0. The Kier molecular flexibility index (Phi) is 3.26. The van der Waals surface area contributed by atoms with Crippen molar-refractivity contribution in [2.75, 3.05) is 0 Å². The van der Waals surface area contributed by atoms with E-state index in [0.717, 1.165) is 10.9 Å². The molecule has 6 nitrogen and oxygen atoms in total. The minimum Gasteiger partial charge on any atom is -0.438 e. The Morgan fingerprint density at radius 3 is 2.72 bits per heavy atom. The van der Waals surface area contributed by atoms with E-state index in [1.807, 2.05) is 42.5 Å². The summed E-state index contributed by atoms with van der Waals surface area (Å²) in [4.78, 5) is 16.9. The summed E-state index contributed by atoms with van der Waals surface area (Å²) in [6.07, 6.45) is 0. The number of pyridine rings is 1. The normalized spacial score (nSPS) is 15.0. The molecule has 4 rings (SSSR count). The minimum atomic E-state index is -1.06. The molecule has 3 aromatic rings. The quantitative estimate of drug-likeness (QED) is 0.678. The van der Waals surface area contributed by atoms with E-state index in [1.54, 1.807) is 13.0 Å². The average Bonchev–Trinajstić information content (AvgIpc) is 2.60. The van der Waals surface area contributed by atoms with Gasteiger partial charge in [0.1, 0.15) is 17.4 Å². The molecule has 0 spiro atoms. The highest BCUT2D eigenvalue weighted by molar-refractivity contribution is 5.81. The molecule has 0 saturated heterocycles. The molecule has 1 aromatic carbocycles. The molecule has 120 valence electrons. The smallest absolute Gasteiger partial charge is 0.343 e. The maximum absolute atomic E-state index is 12.4. The van der Waals surface area contributed by atoms with Crippen LogP contribution in [0.4, 0.5) is 0 Å². The van der Waals surface area contributed by atoms with Gasteiger partial charge in [0, 0.05) is 17.0 Å². The SMILES string of the molecule is Cc1cc2c(c(=O)o1)C(C(C#N)C#N)c1cc3ccccc3nc1O2. The van der Waals surface area contributed by atoms with Gasteiger partial charge < -0.3 is 9.15 Å². The number of aromatic nitrogens is 1. The third-order valence-corrected chi connectivity index (χ3v) is 4.25. The Morgan fingerprint density at radius 2 is 1.96 bits per heavy atom. The van der Waals surface area contributed by atoms with Gasteiger partial charge in [-0.05, 0) is 19.1 Å². The van der Waals surface area contributed by atoms with Crippen molar-refractivity contribution < 1.29 is 9.15 Å². The molecule has 25 heavy (non-hydrogen) atoms. The summed E-state index contributed by atoms with van der Waals surface area (Å²) in [5, 5.41) is 19.7. The molecule has 1 atom stereocenters. The Hall–Kier alpha value is -3.64. The number of para-hydroxylation sites is 1. The molecule has 1 unspecified atom stereocenters. The fourth-order valence-electron chi connectivity index (χ4n) is 3.16. The molecule has 0 radical (unpaired) electrons. The Morgan fingerprint density at radius 1 is 1.20 bits per heavy atom. The minimum absolute atomic E-state index is 0.184. The van der Waals surface area contributed by atoms with Crippen molar-refractivity contribution in [1.29, 1.82) is 10.5 Å². The molecule has 0 saturated carbocycles. The van der Waals surface area contributed by atoms with E-state index in [1.165, 1.54) is 0 Å². The summed E-state index contributed by atoms with van der Waals surface area (Å²) >= 11 is 0. The van der Waals surface area contributed by atoms with Crippen LogP contribution in [0.15, 0.2) is 45.6 Å². The predicted octanol–water partition coefficient (Wildman–Crippen LogP) is 3.40. The first kappa shape index (κ1) is 14.9. The third kappa shape index (κ3) is 2.24. The summed E-state index contributed by atoms with van der Waals surface area (Å²) in [7, 11) is 0. The molecule has 1 aliphatic heterocycles. The van der Waals surface area contributed by atoms with Gasteiger partial charge in [0.05, 0.1) is 29.1 Å². The van der Waals surface area contributed by atoms with Crippen LogP contribution < -0.4 is 10.4 Å². The van der Waals surface area contributed by atoms with Crippen LogP contribution in [0, 0.1) is 35.5 Å². The first-order valence-electron chi connectivity index (χ1n) is 7.64. The molecule has 6 heteroatoms. The second-order valence-corrected chi connectivity index (χ2v) is 5.81. The Balaban J connectivity index is 2.06. The monoisotopic (exact) mass is 329 g/mol. The lowest BCUT2D eigenvalue weighted by atomic mass is 9.81. The summed E-state index contributed by atoms with van der Waals surface area (Å²) in [5.74, 6) is -0.865. The molecular formula is C19H11N3O3. The third-order valence-electron chi connectivity index (χ3n) is 4.25. The zero-order chi connectivity index (χ0) is 17.6.